The van der Waals surface area contributed by atoms with Crippen LogP contribution in [0.5, 0.6) is 0 Å². The van der Waals surface area contributed by atoms with Gasteiger partial charge in [0.1, 0.15) is 5.82 Å². The number of aryl methyl sites for hydroxylation is 1. The summed E-state index contributed by atoms with van der Waals surface area (Å²) in [6, 6.07) is -0.280. The van der Waals surface area contributed by atoms with E-state index in [4.69, 9.17) is 11.6 Å². The standard InChI is InChI=1S/C12H21BrN8/c1-19(2)4-5-21-11(9(13)7-17-21)10(18-15)8-6-16-20(3)12(8)14/h6-7,10,18H,4-5,14-15H2,1-3H3. The number of anilines is 1. The molecule has 0 radical (unpaired) electrons. The van der Waals surface area contributed by atoms with Gasteiger partial charge >= 0.3 is 0 Å². The minimum absolute atomic E-state index is 0.280. The monoisotopic (exact) mass is 356 g/mol. The number of nitrogens with one attached hydrogen (secondary N) is 1. The van der Waals surface area contributed by atoms with Crippen LogP contribution < -0.4 is 17.0 Å². The van der Waals surface area contributed by atoms with Crippen LogP contribution in [0.25, 0.3) is 0 Å². The van der Waals surface area contributed by atoms with E-state index in [1.54, 1.807) is 24.1 Å². The number of nitrogens with two attached hydrogens (primary N) is 2. The lowest BCUT2D eigenvalue weighted by molar-refractivity contribution is 0.365. The number of likely N-dealkylation sites (N-methyl/N-ethyl adjacent to an activating group) is 1. The second-order valence-electron chi connectivity index (χ2n) is 5.11. The van der Waals surface area contributed by atoms with Crippen molar-refractivity contribution in [2.45, 2.75) is 12.6 Å². The van der Waals surface area contributed by atoms with E-state index in [9.17, 15) is 0 Å². The van der Waals surface area contributed by atoms with Gasteiger partial charge in [0.15, 0.2) is 0 Å². The summed E-state index contributed by atoms with van der Waals surface area (Å²) in [6.45, 7) is 1.63. The summed E-state index contributed by atoms with van der Waals surface area (Å²) in [7, 11) is 5.84. The Balaban J connectivity index is 2.38. The van der Waals surface area contributed by atoms with Crippen molar-refractivity contribution in [2.24, 2.45) is 12.9 Å². The van der Waals surface area contributed by atoms with E-state index in [0.717, 1.165) is 28.8 Å². The molecule has 1 atom stereocenters. The Labute approximate surface area is 132 Å². The number of rotatable bonds is 6. The number of hydrogen-bond acceptors (Lipinski definition) is 6. The fraction of sp³-hybridized carbons (Fsp3) is 0.500. The van der Waals surface area contributed by atoms with Crippen LogP contribution in [-0.4, -0.2) is 45.1 Å². The third-order valence-corrected chi connectivity index (χ3v) is 3.97. The molecule has 9 heteroatoms. The van der Waals surface area contributed by atoms with Crippen LogP contribution in [-0.2, 0) is 13.6 Å². The molecule has 0 bridgehead atoms. The Morgan fingerprint density at radius 1 is 1.38 bits per heavy atom. The summed E-state index contributed by atoms with van der Waals surface area (Å²) < 4.78 is 4.42. The smallest absolute Gasteiger partial charge is 0.126 e. The average molecular weight is 357 g/mol. The molecule has 0 aromatic carbocycles. The molecule has 2 rings (SSSR count). The highest BCUT2D eigenvalue weighted by molar-refractivity contribution is 9.10. The molecule has 8 nitrogen and oxygen atoms in total. The topological polar surface area (TPSA) is 103 Å². The fourth-order valence-corrected chi connectivity index (χ4v) is 2.66. The number of nitrogen functional groups attached to an aromatic ring is 1. The second kappa shape index (κ2) is 6.56. The zero-order valence-corrected chi connectivity index (χ0v) is 14.0. The van der Waals surface area contributed by atoms with E-state index in [2.05, 4.69) is 36.5 Å². The van der Waals surface area contributed by atoms with Crippen LogP contribution >= 0.6 is 15.9 Å². The SMILES string of the molecule is CN(C)CCn1ncc(Br)c1C(NN)c1cnn(C)c1N. The summed E-state index contributed by atoms with van der Waals surface area (Å²) in [4.78, 5) is 2.10. The third kappa shape index (κ3) is 3.26. The lowest BCUT2D eigenvalue weighted by Gasteiger charge is -2.19. The molecule has 0 saturated heterocycles. The molecule has 21 heavy (non-hydrogen) atoms. The quantitative estimate of drug-likeness (QED) is 0.500. The lowest BCUT2D eigenvalue weighted by Crippen LogP contribution is -2.32. The maximum absolute atomic E-state index is 6.06. The minimum atomic E-state index is -0.280. The highest BCUT2D eigenvalue weighted by Crippen LogP contribution is 2.30. The number of nitrogens with zero attached hydrogens (tertiary/aromatic N) is 5. The molecule has 0 fully saturated rings. The molecule has 5 N–H and O–H groups in total. The van der Waals surface area contributed by atoms with Crippen LogP contribution in [0.4, 0.5) is 5.82 Å². The van der Waals surface area contributed by atoms with E-state index >= 15 is 0 Å². The van der Waals surface area contributed by atoms with Gasteiger partial charge in [0.25, 0.3) is 0 Å². The van der Waals surface area contributed by atoms with Crippen molar-refractivity contribution in [2.75, 3.05) is 26.4 Å². The minimum Gasteiger partial charge on any atom is -0.384 e. The molecule has 0 aliphatic carbocycles. The highest BCUT2D eigenvalue weighted by Gasteiger charge is 2.24. The molecule has 0 amide bonds. The maximum Gasteiger partial charge on any atom is 0.126 e. The first-order chi connectivity index (χ1) is 9.95. The predicted octanol–water partition coefficient (Wildman–Crippen LogP) is 0.0756. The summed E-state index contributed by atoms with van der Waals surface area (Å²) >= 11 is 3.53. The molecule has 0 saturated carbocycles. The summed E-state index contributed by atoms with van der Waals surface area (Å²) in [5, 5.41) is 8.57. The summed E-state index contributed by atoms with van der Waals surface area (Å²) in [6.07, 6.45) is 3.48. The van der Waals surface area contributed by atoms with Crippen LogP contribution in [0.3, 0.4) is 0 Å². The van der Waals surface area contributed by atoms with Crippen molar-refractivity contribution in [3.05, 3.63) is 28.1 Å². The normalized spacial score (nSPS) is 13.0. The molecular weight excluding hydrogens is 336 g/mol. The molecule has 2 heterocycles. The number of aromatic nitrogens is 4. The lowest BCUT2D eigenvalue weighted by atomic mass is 10.1. The Morgan fingerprint density at radius 2 is 2.10 bits per heavy atom. The van der Waals surface area contributed by atoms with Gasteiger partial charge in [0, 0.05) is 19.2 Å². The van der Waals surface area contributed by atoms with Gasteiger partial charge in [-0.3, -0.25) is 15.2 Å². The molecule has 0 aliphatic heterocycles. The Bertz CT molecular complexity index is 602. The first-order valence-electron chi connectivity index (χ1n) is 6.55. The van der Waals surface area contributed by atoms with Crippen molar-refractivity contribution in [1.82, 2.24) is 29.9 Å². The Hall–Kier alpha value is -1.42. The van der Waals surface area contributed by atoms with Crippen LogP contribution in [0, 0.1) is 0 Å². The predicted molar refractivity (Wildman–Crippen MR) is 85.3 cm³/mol. The molecule has 0 spiro atoms. The van der Waals surface area contributed by atoms with Crippen molar-refractivity contribution < 1.29 is 0 Å². The molecule has 116 valence electrons. The molecule has 0 aliphatic rings. The van der Waals surface area contributed by atoms with Crippen LogP contribution in [0.2, 0.25) is 0 Å². The second-order valence-corrected chi connectivity index (χ2v) is 5.97. The summed E-state index contributed by atoms with van der Waals surface area (Å²) in [5.41, 5.74) is 10.6. The Kier molecular flexibility index (Phi) is 4.99. The summed E-state index contributed by atoms with van der Waals surface area (Å²) in [5.74, 6) is 6.33. The first kappa shape index (κ1) is 16.0. The van der Waals surface area contributed by atoms with Gasteiger partial charge in [-0.05, 0) is 30.0 Å². The molecule has 2 aromatic heterocycles. The van der Waals surface area contributed by atoms with Crippen molar-refractivity contribution >= 4 is 21.7 Å². The zero-order valence-electron chi connectivity index (χ0n) is 12.4. The van der Waals surface area contributed by atoms with Gasteiger partial charge < -0.3 is 10.6 Å². The van der Waals surface area contributed by atoms with Gasteiger partial charge in [-0.1, -0.05) is 0 Å². The number of halogens is 1. The van der Waals surface area contributed by atoms with Gasteiger partial charge in [0.2, 0.25) is 0 Å². The number of hydrazine groups is 1. The highest BCUT2D eigenvalue weighted by atomic mass is 79.9. The largest absolute Gasteiger partial charge is 0.384 e. The van der Waals surface area contributed by atoms with Crippen molar-refractivity contribution in [3.8, 4) is 0 Å². The van der Waals surface area contributed by atoms with E-state index < -0.39 is 0 Å². The fourth-order valence-electron chi connectivity index (χ4n) is 2.13. The van der Waals surface area contributed by atoms with E-state index in [0.29, 0.717) is 5.82 Å². The van der Waals surface area contributed by atoms with E-state index in [1.807, 2.05) is 18.8 Å². The number of hydrogen-bond donors (Lipinski definition) is 3. The first-order valence-corrected chi connectivity index (χ1v) is 7.34. The van der Waals surface area contributed by atoms with E-state index in [1.165, 1.54) is 0 Å². The molecule has 1 unspecified atom stereocenters. The van der Waals surface area contributed by atoms with Crippen LogP contribution in [0.1, 0.15) is 17.3 Å². The molecular formula is C12H21BrN8. The Morgan fingerprint density at radius 3 is 2.62 bits per heavy atom. The third-order valence-electron chi connectivity index (χ3n) is 3.36. The van der Waals surface area contributed by atoms with Gasteiger partial charge in [-0.2, -0.15) is 10.2 Å². The zero-order chi connectivity index (χ0) is 15.6. The van der Waals surface area contributed by atoms with Crippen molar-refractivity contribution in [3.63, 3.8) is 0 Å². The van der Waals surface area contributed by atoms with Crippen LogP contribution in [0.15, 0.2) is 16.9 Å². The van der Waals surface area contributed by atoms with Crippen molar-refractivity contribution in [1.29, 1.82) is 0 Å². The average Bonchev–Trinajstić information content (AvgIpc) is 2.96. The van der Waals surface area contributed by atoms with Gasteiger partial charge in [-0.15, -0.1) is 0 Å². The van der Waals surface area contributed by atoms with Gasteiger partial charge in [0.05, 0.1) is 35.1 Å². The van der Waals surface area contributed by atoms with Gasteiger partial charge in [-0.25, -0.2) is 5.43 Å². The maximum atomic E-state index is 6.06. The van der Waals surface area contributed by atoms with E-state index in [-0.39, 0.29) is 6.04 Å². The molecule has 2 aromatic rings.